The Hall–Kier alpha value is -0.490. The van der Waals surface area contributed by atoms with Crippen LogP contribution in [0.25, 0.3) is 0 Å². The Morgan fingerprint density at radius 2 is 2.40 bits per heavy atom. The Morgan fingerprint density at radius 3 is 3.07 bits per heavy atom. The molecule has 1 aliphatic rings. The first-order valence-electron chi connectivity index (χ1n) is 5.17. The van der Waals surface area contributed by atoms with Crippen molar-refractivity contribution in [3.63, 3.8) is 0 Å². The topological polar surface area (TPSA) is 57.4 Å². The zero-order valence-corrected chi connectivity index (χ0v) is 9.68. The molecule has 1 aliphatic heterocycles. The van der Waals surface area contributed by atoms with Crippen molar-refractivity contribution in [2.24, 2.45) is 5.73 Å². The van der Waals surface area contributed by atoms with E-state index < -0.39 is 0 Å². The van der Waals surface area contributed by atoms with Gasteiger partial charge in [-0.3, -0.25) is 0 Å². The third kappa shape index (κ3) is 2.55. The number of hydrogen-bond donors (Lipinski definition) is 1. The van der Waals surface area contributed by atoms with Gasteiger partial charge in [0.05, 0.1) is 25.5 Å². The predicted molar refractivity (Wildman–Crippen MR) is 59.1 cm³/mol. The molecule has 0 spiro atoms. The summed E-state index contributed by atoms with van der Waals surface area (Å²) in [7, 11) is 0. The molecule has 2 N–H and O–H groups in total. The number of nitrogens with two attached hydrogens (primary N) is 1. The molecule has 15 heavy (non-hydrogen) atoms. The second-order valence-corrected chi connectivity index (χ2v) is 4.65. The largest absolute Gasteiger partial charge is 0.376 e. The van der Waals surface area contributed by atoms with Crippen LogP contribution in [-0.4, -0.2) is 31.3 Å². The lowest BCUT2D eigenvalue weighted by Crippen LogP contribution is -2.21. The fourth-order valence-corrected chi connectivity index (χ4v) is 2.70. The average Bonchev–Trinajstić information content (AvgIpc) is 2.63. The Balaban J connectivity index is 2.10. The van der Waals surface area contributed by atoms with Gasteiger partial charge in [0.25, 0.3) is 0 Å². The maximum atomic E-state index is 5.60. The van der Waals surface area contributed by atoms with Gasteiger partial charge in [0.2, 0.25) is 0 Å². The molecular weight excluding hydrogens is 212 g/mol. The smallest absolute Gasteiger partial charge is 0.132 e. The van der Waals surface area contributed by atoms with Crippen LogP contribution < -0.4 is 5.73 Å². The molecular formula is C10H16N2O2S. The Kier molecular flexibility index (Phi) is 3.69. The van der Waals surface area contributed by atoms with Crippen LogP contribution >= 0.6 is 11.3 Å². The van der Waals surface area contributed by atoms with Crippen molar-refractivity contribution in [1.82, 2.24) is 4.98 Å². The van der Waals surface area contributed by atoms with Gasteiger partial charge in [-0.2, -0.15) is 0 Å². The molecule has 1 aromatic rings. The van der Waals surface area contributed by atoms with Gasteiger partial charge in [0.15, 0.2) is 0 Å². The average molecular weight is 228 g/mol. The molecule has 0 bridgehead atoms. The van der Waals surface area contributed by atoms with Gasteiger partial charge in [-0.1, -0.05) is 0 Å². The molecule has 1 saturated heterocycles. The van der Waals surface area contributed by atoms with Crippen molar-refractivity contribution in [3.8, 4) is 0 Å². The second kappa shape index (κ2) is 5.03. The summed E-state index contributed by atoms with van der Waals surface area (Å²) in [6.07, 6.45) is 0.922. The van der Waals surface area contributed by atoms with Crippen LogP contribution in [0.1, 0.15) is 21.7 Å². The van der Waals surface area contributed by atoms with Gasteiger partial charge in [0.1, 0.15) is 11.1 Å². The molecule has 2 rings (SSSR count). The van der Waals surface area contributed by atoms with Gasteiger partial charge < -0.3 is 15.2 Å². The van der Waals surface area contributed by atoms with Gasteiger partial charge >= 0.3 is 0 Å². The standard InChI is InChI=1S/C10H16N2O2S/c1-7-9(2-3-11)15-10(12-7)8-6-13-4-5-14-8/h8H,2-6,11H2,1H3. The minimum Gasteiger partial charge on any atom is -0.376 e. The molecule has 1 aromatic heterocycles. The van der Waals surface area contributed by atoms with E-state index in [1.165, 1.54) is 4.88 Å². The summed E-state index contributed by atoms with van der Waals surface area (Å²) in [5.41, 5.74) is 6.62. The van der Waals surface area contributed by atoms with E-state index in [9.17, 15) is 0 Å². The summed E-state index contributed by atoms with van der Waals surface area (Å²) in [6.45, 7) is 4.67. The van der Waals surface area contributed by atoms with Crippen LogP contribution in [0.2, 0.25) is 0 Å². The number of aryl methyl sites for hydroxylation is 1. The first-order valence-corrected chi connectivity index (χ1v) is 5.98. The Morgan fingerprint density at radius 1 is 1.53 bits per heavy atom. The zero-order valence-electron chi connectivity index (χ0n) is 8.86. The van der Waals surface area contributed by atoms with E-state index in [1.54, 1.807) is 11.3 Å². The molecule has 2 heterocycles. The lowest BCUT2D eigenvalue weighted by atomic mass is 10.3. The molecule has 0 aliphatic carbocycles. The lowest BCUT2D eigenvalue weighted by molar-refractivity contribution is -0.0902. The number of hydrogen-bond acceptors (Lipinski definition) is 5. The lowest BCUT2D eigenvalue weighted by Gasteiger charge is -2.20. The highest BCUT2D eigenvalue weighted by atomic mass is 32.1. The molecule has 84 valence electrons. The Bertz CT molecular complexity index is 321. The quantitative estimate of drug-likeness (QED) is 0.840. The number of rotatable bonds is 3. The minimum atomic E-state index is 0.0222. The molecule has 5 heteroatoms. The van der Waals surface area contributed by atoms with E-state index in [4.69, 9.17) is 15.2 Å². The van der Waals surface area contributed by atoms with Crippen molar-refractivity contribution < 1.29 is 9.47 Å². The predicted octanol–water partition coefficient (Wildman–Crippen LogP) is 1.04. The molecule has 0 amide bonds. The minimum absolute atomic E-state index is 0.0222. The van der Waals surface area contributed by atoms with Crippen LogP contribution in [0.4, 0.5) is 0 Å². The molecule has 4 nitrogen and oxygen atoms in total. The molecule has 1 unspecified atom stereocenters. The van der Waals surface area contributed by atoms with Gasteiger partial charge in [-0.15, -0.1) is 11.3 Å². The van der Waals surface area contributed by atoms with Crippen LogP contribution in [0, 0.1) is 6.92 Å². The number of thiazole rings is 1. The van der Waals surface area contributed by atoms with Crippen molar-refractivity contribution in [1.29, 1.82) is 0 Å². The van der Waals surface area contributed by atoms with E-state index in [0.29, 0.717) is 26.4 Å². The second-order valence-electron chi connectivity index (χ2n) is 3.53. The van der Waals surface area contributed by atoms with Crippen LogP contribution in [-0.2, 0) is 15.9 Å². The summed E-state index contributed by atoms with van der Waals surface area (Å²) in [5.74, 6) is 0. The van der Waals surface area contributed by atoms with E-state index >= 15 is 0 Å². The van der Waals surface area contributed by atoms with Crippen molar-refractivity contribution in [2.75, 3.05) is 26.4 Å². The third-order valence-corrected chi connectivity index (χ3v) is 3.68. The number of ether oxygens (including phenoxy) is 2. The first kappa shape index (κ1) is 11.0. The summed E-state index contributed by atoms with van der Waals surface area (Å²) < 4.78 is 11.0. The molecule has 0 radical (unpaired) electrons. The fourth-order valence-electron chi connectivity index (χ4n) is 1.58. The summed E-state index contributed by atoms with van der Waals surface area (Å²) in [5, 5.41) is 1.02. The summed E-state index contributed by atoms with van der Waals surface area (Å²) >= 11 is 1.69. The van der Waals surface area contributed by atoms with Crippen molar-refractivity contribution >= 4 is 11.3 Å². The molecule has 0 aromatic carbocycles. The third-order valence-electron chi connectivity index (χ3n) is 2.37. The number of aromatic nitrogens is 1. The first-order chi connectivity index (χ1) is 7.31. The van der Waals surface area contributed by atoms with Crippen LogP contribution in [0.5, 0.6) is 0 Å². The highest BCUT2D eigenvalue weighted by molar-refractivity contribution is 7.11. The molecule has 0 saturated carbocycles. The normalized spacial score (nSPS) is 21.9. The zero-order chi connectivity index (χ0) is 10.7. The fraction of sp³-hybridized carbons (Fsp3) is 0.700. The summed E-state index contributed by atoms with van der Waals surface area (Å²) in [6, 6.07) is 0. The van der Waals surface area contributed by atoms with E-state index in [0.717, 1.165) is 17.1 Å². The highest BCUT2D eigenvalue weighted by Crippen LogP contribution is 2.27. The van der Waals surface area contributed by atoms with Gasteiger partial charge in [-0.05, 0) is 19.9 Å². The van der Waals surface area contributed by atoms with Crippen molar-refractivity contribution in [2.45, 2.75) is 19.4 Å². The highest BCUT2D eigenvalue weighted by Gasteiger charge is 2.21. The van der Waals surface area contributed by atoms with E-state index in [1.807, 2.05) is 6.92 Å². The maximum Gasteiger partial charge on any atom is 0.132 e. The van der Waals surface area contributed by atoms with Gasteiger partial charge in [-0.25, -0.2) is 4.98 Å². The molecule has 1 atom stereocenters. The monoisotopic (exact) mass is 228 g/mol. The molecule has 1 fully saturated rings. The number of nitrogens with zero attached hydrogens (tertiary/aromatic N) is 1. The maximum absolute atomic E-state index is 5.60. The van der Waals surface area contributed by atoms with E-state index in [-0.39, 0.29) is 6.10 Å². The Labute approximate surface area is 93.4 Å². The van der Waals surface area contributed by atoms with Crippen LogP contribution in [0.15, 0.2) is 0 Å². The van der Waals surface area contributed by atoms with Crippen LogP contribution in [0.3, 0.4) is 0 Å². The summed E-state index contributed by atoms with van der Waals surface area (Å²) in [4.78, 5) is 5.78. The van der Waals surface area contributed by atoms with Gasteiger partial charge in [0, 0.05) is 4.88 Å². The SMILES string of the molecule is Cc1nc(C2COCCO2)sc1CCN. The van der Waals surface area contributed by atoms with E-state index in [2.05, 4.69) is 4.98 Å². The van der Waals surface area contributed by atoms with Crippen molar-refractivity contribution in [3.05, 3.63) is 15.6 Å².